The van der Waals surface area contributed by atoms with Crippen molar-refractivity contribution in [3.05, 3.63) is 23.8 Å². The fourth-order valence-corrected chi connectivity index (χ4v) is 4.18. The SMILES string of the molecule is CCC(C)(C)OC(=O)Oc1ccc(C[C@](NC(C)C)(OC(=O)OC2CCCCC2)C(=O)O)cc1OC(=O)OC(C)(C)CC. The van der Waals surface area contributed by atoms with Crippen molar-refractivity contribution in [1.82, 2.24) is 5.32 Å². The summed E-state index contributed by atoms with van der Waals surface area (Å²) in [4.78, 5) is 50.6. The highest BCUT2D eigenvalue weighted by Crippen LogP contribution is 2.33. The average Bonchev–Trinajstić information content (AvgIpc) is 2.89. The lowest BCUT2D eigenvalue weighted by atomic mass is 9.98. The number of ether oxygens (including phenoxy) is 6. The van der Waals surface area contributed by atoms with Gasteiger partial charge in [-0.25, -0.2) is 19.2 Å². The van der Waals surface area contributed by atoms with Crippen LogP contribution in [0.25, 0.3) is 0 Å². The zero-order valence-electron chi connectivity index (χ0n) is 26.6. The summed E-state index contributed by atoms with van der Waals surface area (Å²) in [6, 6.07) is 3.67. The molecule has 12 heteroatoms. The fourth-order valence-electron chi connectivity index (χ4n) is 4.18. The van der Waals surface area contributed by atoms with E-state index in [0.29, 0.717) is 25.7 Å². The van der Waals surface area contributed by atoms with Crippen molar-refractivity contribution in [2.75, 3.05) is 0 Å². The smallest absolute Gasteiger partial charge is 0.477 e. The third kappa shape index (κ3) is 11.6. The summed E-state index contributed by atoms with van der Waals surface area (Å²) in [5.41, 5.74) is -3.61. The molecule has 2 rings (SSSR count). The lowest BCUT2D eigenvalue weighted by Gasteiger charge is -2.33. The van der Waals surface area contributed by atoms with Gasteiger partial charge in [-0.3, -0.25) is 5.32 Å². The van der Waals surface area contributed by atoms with Gasteiger partial charge in [-0.2, -0.15) is 0 Å². The van der Waals surface area contributed by atoms with Crippen LogP contribution in [-0.4, -0.2) is 58.6 Å². The van der Waals surface area contributed by atoms with Gasteiger partial charge in [0.15, 0.2) is 11.5 Å². The van der Waals surface area contributed by atoms with E-state index in [-0.39, 0.29) is 29.6 Å². The van der Waals surface area contributed by atoms with Crippen LogP contribution in [0.2, 0.25) is 0 Å². The molecule has 2 N–H and O–H groups in total. The molecule has 1 saturated carbocycles. The second-order valence-corrected chi connectivity index (χ2v) is 12.3. The van der Waals surface area contributed by atoms with Gasteiger partial charge in [0.05, 0.1) is 0 Å². The van der Waals surface area contributed by atoms with Crippen molar-refractivity contribution in [1.29, 1.82) is 0 Å². The van der Waals surface area contributed by atoms with Gasteiger partial charge < -0.3 is 33.5 Å². The standard InChI is InChI=1S/C31H47NO11/c1-9-29(5,6)41-27(36)39-23-17-16-21(18-24(23)40-28(37)42-30(7,8)10-2)19-31(25(33)34,32-20(3)4)43-26(35)38-22-14-12-11-13-15-22/h16-18,20,22,32H,9-15,19H2,1-8H3,(H,33,34)/t31-/m0/s1. The van der Waals surface area contributed by atoms with Gasteiger partial charge in [0.25, 0.3) is 5.72 Å². The van der Waals surface area contributed by atoms with E-state index >= 15 is 0 Å². The van der Waals surface area contributed by atoms with Crippen LogP contribution < -0.4 is 14.8 Å². The Balaban J connectivity index is 2.42. The van der Waals surface area contributed by atoms with Crippen molar-refractivity contribution in [3.8, 4) is 11.5 Å². The monoisotopic (exact) mass is 609 g/mol. The van der Waals surface area contributed by atoms with Crippen molar-refractivity contribution < 1.29 is 52.7 Å². The first kappa shape index (κ1) is 35.7. The van der Waals surface area contributed by atoms with Crippen molar-refractivity contribution in [2.24, 2.45) is 0 Å². The van der Waals surface area contributed by atoms with E-state index in [4.69, 9.17) is 28.4 Å². The average molecular weight is 610 g/mol. The minimum atomic E-state index is -2.23. The molecule has 1 atom stereocenters. The van der Waals surface area contributed by atoms with E-state index in [1.807, 2.05) is 13.8 Å². The molecule has 0 bridgehead atoms. The molecule has 1 aromatic carbocycles. The number of benzene rings is 1. The van der Waals surface area contributed by atoms with Crippen molar-refractivity contribution in [2.45, 2.75) is 136 Å². The van der Waals surface area contributed by atoms with Gasteiger partial charge in [-0.15, -0.1) is 0 Å². The van der Waals surface area contributed by atoms with Crippen LogP contribution in [-0.2, 0) is 30.2 Å². The molecule has 1 fully saturated rings. The number of carboxylic acids is 1. The molecule has 0 saturated heterocycles. The number of hydrogen-bond acceptors (Lipinski definition) is 11. The summed E-state index contributed by atoms with van der Waals surface area (Å²) in [5.74, 6) is -1.85. The highest BCUT2D eigenvalue weighted by molar-refractivity contribution is 5.80. The van der Waals surface area contributed by atoms with Gasteiger partial charge in [-0.1, -0.05) is 26.3 Å². The highest BCUT2D eigenvalue weighted by Gasteiger charge is 2.45. The Kier molecular flexibility index (Phi) is 12.7. The first-order valence-corrected chi connectivity index (χ1v) is 14.8. The summed E-state index contributed by atoms with van der Waals surface area (Å²) in [5, 5.41) is 13.1. The summed E-state index contributed by atoms with van der Waals surface area (Å²) in [6.07, 6.45) is 1.31. The Hall–Kier alpha value is -3.54. The third-order valence-electron chi connectivity index (χ3n) is 7.21. The van der Waals surface area contributed by atoms with E-state index in [0.717, 1.165) is 19.3 Å². The topological polar surface area (TPSA) is 156 Å². The number of aliphatic carboxylic acids is 1. The second kappa shape index (κ2) is 15.3. The highest BCUT2D eigenvalue weighted by atomic mass is 16.8. The molecule has 12 nitrogen and oxygen atoms in total. The Morgan fingerprint density at radius 3 is 1.86 bits per heavy atom. The maximum Gasteiger partial charge on any atom is 0.514 e. The lowest BCUT2D eigenvalue weighted by molar-refractivity contribution is -0.168. The largest absolute Gasteiger partial charge is 0.514 e. The lowest BCUT2D eigenvalue weighted by Crippen LogP contribution is -2.59. The van der Waals surface area contributed by atoms with Gasteiger partial charge in [0, 0.05) is 12.5 Å². The molecule has 0 aliphatic heterocycles. The van der Waals surface area contributed by atoms with Crippen molar-refractivity contribution >= 4 is 24.4 Å². The molecule has 43 heavy (non-hydrogen) atoms. The molecule has 1 aliphatic rings. The Morgan fingerprint density at radius 2 is 1.37 bits per heavy atom. The number of carboxylic acid groups (broad SMARTS) is 1. The molecule has 242 valence electrons. The van der Waals surface area contributed by atoms with E-state index in [1.165, 1.54) is 18.2 Å². The van der Waals surface area contributed by atoms with Crippen LogP contribution in [0.1, 0.15) is 106 Å². The van der Waals surface area contributed by atoms with E-state index in [2.05, 4.69) is 5.32 Å². The van der Waals surface area contributed by atoms with Crippen molar-refractivity contribution in [3.63, 3.8) is 0 Å². The third-order valence-corrected chi connectivity index (χ3v) is 7.21. The van der Waals surface area contributed by atoms with E-state index < -0.39 is 47.4 Å². The first-order chi connectivity index (χ1) is 20.0. The Morgan fingerprint density at radius 1 is 0.837 bits per heavy atom. The minimum Gasteiger partial charge on any atom is -0.477 e. The fraction of sp³-hybridized carbons (Fsp3) is 0.677. The molecule has 0 amide bonds. The van der Waals surface area contributed by atoms with Crippen LogP contribution in [0, 0.1) is 0 Å². The van der Waals surface area contributed by atoms with Gasteiger partial charge in [0.1, 0.15) is 17.3 Å². The molecule has 0 aromatic heterocycles. The molecule has 0 spiro atoms. The second-order valence-electron chi connectivity index (χ2n) is 12.3. The number of carbonyl (C=O) groups excluding carboxylic acids is 3. The quantitative estimate of drug-likeness (QED) is 0.103. The number of nitrogens with one attached hydrogen (secondary N) is 1. The molecule has 0 radical (unpaired) electrons. The van der Waals surface area contributed by atoms with Crippen LogP contribution in [0.3, 0.4) is 0 Å². The summed E-state index contributed by atoms with van der Waals surface area (Å²) in [7, 11) is 0. The maximum absolute atomic E-state index is 12.8. The van der Waals surface area contributed by atoms with Crippen LogP contribution in [0.5, 0.6) is 11.5 Å². The summed E-state index contributed by atoms with van der Waals surface area (Å²) in [6.45, 7) is 13.9. The van der Waals surface area contributed by atoms with Gasteiger partial charge >= 0.3 is 24.4 Å². The molecule has 0 unspecified atom stereocenters. The molecule has 0 heterocycles. The molecular formula is C31H47NO11. The zero-order valence-corrected chi connectivity index (χ0v) is 26.6. The van der Waals surface area contributed by atoms with Crippen LogP contribution in [0.15, 0.2) is 18.2 Å². The summed E-state index contributed by atoms with van der Waals surface area (Å²) >= 11 is 0. The van der Waals surface area contributed by atoms with Gasteiger partial charge in [-0.05, 0) is 97.8 Å². The predicted molar refractivity (Wildman–Crippen MR) is 156 cm³/mol. The molecule has 1 aromatic rings. The maximum atomic E-state index is 12.8. The predicted octanol–water partition coefficient (Wildman–Crippen LogP) is 6.90. The number of hydrogen-bond donors (Lipinski definition) is 2. The van der Waals surface area contributed by atoms with E-state index in [9.17, 15) is 24.3 Å². The minimum absolute atomic E-state index is 0.165. The number of carbonyl (C=O) groups is 4. The van der Waals surface area contributed by atoms with Crippen LogP contribution >= 0.6 is 0 Å². The normalized spacial score (nSPS) is 15.7. The Labute approximate surface area is 253 Å². The summed E-state index contributed by atoms with van der Waals surface area (Å²) < 4.78 is 32.4. The van der Waals surface area contributed by atoms with Gasteiger partial charge in [0.2, 0.25) is 0 Å². The van der Waals surface area contributed by atoms with E-state index in [1.54, 1.807) is 41.5 Å². The molecular weight excluding hydrogens is 562 g/mol. The van der Waals surface area contributed by atoms with Crippen LogP contribution in [0.4, 0.5) is 14.4 Å². The first-order valence-electron chi connectivity index (χ1n) is 14.8. The Bertz CT molecular complexity index is 1120. The zero-order chi connectivity index (χ0) is 32.4. The molecule has 1 aliphatic carbocycles. The number of rotatable bonds is 13.